The van der Waals surface area contributed by atoms with Crippen LogP contribution in [-0.2, 0) is 4.79 Å². The molecule has 2 aromatic carbocycles. The van der Waals surface area contributed by atoms with Crippen molar-refractivity contribution in [2.45, 2.75) is 26.7 Å². The van der Waals surface area contributed by atoms with E-state index in [2.05, 4.69) is 5.32 Å². The molecule has 1 aliphatic heterocycles. The predicted octanol–water partition coefficient (Wildman–Crippen LogP) is 4.02. The van der Waals surface area contributed by atoms with E-state index in [-0.39, 0.29) is 28.9 Å². The van der Waals surface area contributed by atoms with Gasteiger partial charge in [0.25, 0.3) is 5.91 Å². The van der Waals surface area contributed by atoms with Gasteiger partial charge in [0.2, 0.25) is 5.91 Å². The topological polar surface area (TPSA) is 58.6 Å². The highest BCUT2D eigenvalue weighted by atomic mass is 19.1. The van der Waals surface area contributed by atoms with Gasteiger partial charge in [-0.3, -0.25) is 9.59 Å². The summed E-state index contributed by atoms with van der Waals surface area (Å²) in [7, 11) is 0. The summed E-state index contributed by atoms with van der Waals surface area (Å²) in [6.45, 7) is 5.39. The number of halogens is 1. The second-order valence-electron chi connectivity index (χ2n) is 8.14. The van der Waals surface area contributed by atoms with Crippen molar-refractivity contribution in [1.29, 1.82) is 0 Å². The summed E-state index contributed by atoms with van der Waals surface area (Å²) in [5.41, 5.74) is 2.31. The maximum absolute atomic E-state index is 13.5. The van der Waals surface area contributed by atoms with Gasteiger partial charge >= 0.3 is 0 Å². The van der Waals surface area contributed by atoms with Gasteiger partial charge in [0.05, 0.1) is 12.2 Å². The molecule has 1 spiro atoms. The quantitative estimate of drug-likeness (QED) is 0.830. The van der Waals surface area contributed by atoms with E-state index < -0.39 is 5.82 Å². The highest BCUT2D eigenvalue weighted by molar-refractivity contribution is 5.98. The average molecular weight is 396 g/mol. The second-order valence-corrected chi connectivity index (χ2v) is 8.14. The monoisotopic (exact) mass is 396 g/mol. The van der Waals surface area contributed by atoms with E-state index in [0.717, 1.165) is 24.1 Å². The van der Waals surface area contributed by atoms with Gasteiger partial charge in [0.15, 0.2) is 0 Å². The van der Waals surface area contributed by atoms with E-state index in [4.69, 9.17) is 4.74 Å². The Morgan fingerprint density at radius 2 is 1.93 bits per heavy atom. The van der Waals surface area contributed by atoms with Gasteiger partial charge in [0, 0.05) is 36.2 Å². The van der Waals surface area contributed by atoms with Crippen LogP contribution < -0.4 is 10.1 Å². The molecule has 2 aromatic rings. The molecule has 1 aliphatic carbocycles. The van der Waals surface area contributed by atoms with E-state index in [1.165, 1.54) is 18.2 Å². The molecule has 1 saturated heterocycles. The van der Waals surface area contributed by atoms with Crippen molar-refractivity contribution >= 4 is 17.5 Å². The SMILES string of the molecule is CCOc1cc(F)ccc1C(=O)N1CC2(CC(C(=O)Nc3ccccc3C)C2)C1. The first-order valence-corrected chi connectivity index (χ1v) is 9.99. The minimum atomic E-state index is -0.424. The van der Waals surface area contributed by atoms with Crippen LogP contribution >= 0.6 is 0 Å². The Morgan fingerprint density at radius 3 is 2.62 bits per heavy atom. The van der Waals surface area contributed by atoms with Gasteiger partial charge in [-0.2, -0.15) is 0 Å². The number of likely N-dealkylation sites (tertiary alicyclic amines) is 1. The molecule has 1 N–H and O–H groups in total. The molecule has 6 heteroatoms. The van der Waals surface area contributed by atoms with Crippen LogP contribution in [0.2, 0.25) is 0 Å². The minimum Gasteiger partial charge on any atom is -0.493 e. The number of anilines is 1. The Balaban J connectivity index is 1.32. The fourth-order valence-corrected chi connectivity index (χ4v) is 4.40. The molecular formula is C23H25FN2O3. The van der Waals surface area contributed by atoms with Crippen LogP contribution in [0, 0.1) is 24.1 Å². The molecular weight excluding hydrogens is 371 g/mol. The number of hydrogen-bond acceptors (Lipinski definition) is 3. The van der Waals surface area contributed by atoms with E-state index >= 15 is 0 Å². The zero-order valence-electron chi connectivity index (χ0n) is 16.7. The highest BCUT2D eigenvalue weighted by Crippen LogP contribution is 2.52. The van der Waals surface area contributed by atoms with Crippen LogP contribution in [0.15, 0.2) is 42.5 Å². The molecule has 152 valence electrons. The van der Waals surface area contributed by atoms with Gasteiger partial charge in [-0.05, 0) is 50.5 Å². The Kier molecular flexibility index (Phi) is 5.03. The standard InChI is InChI=1S/C23H25FN2O3/c1-3-29-20-10-17(24)8-9-18(20)22(28)26-13-23(14-26)11-16(12-23)21(27)25-19-7-5-4-6-15(19)2/h4-10,16H,3,11-14H2,1-2H3,(H,25,27). The Morgan fingerprint density at radius 1 is 1.21 bits per heavy atom. The molecule has 1 saturated carbocycles. The average Bonchev–Trinajstić information content (AvgIpc) is 2.61. The molecule has 0 radical (unpaired) electrons. The molecule has 0 unspecified atom stereocenters. The fraction of sp³-hybridized carbons (Fsp3) is 0.391. The molecule has 2 aliphatic rings. The molecule has 5 nitrogen and oxygen atoms in total. The maximum Gasteiger partial charge on any atom is 0.257 e. The van der Waals surface area contributed by atoms with Crippen molar-refractivity contribution in [2.75, 3.05) is 25.0 Å². The maximum atomic E-state index is 13.5. The zero-order valence-corrected chi connectivity index (χ0v) is 16.7. The van der Waals surface area contributed by atoms with Crippen LogP contribution in [0.1, 0.15) is 35.7 Å². The van der Waals surface area contributed by atoms with Crippen LogP contribution in [0.4, 0.5) is 10.1 Å². The van der Waals surface area contributed by atoms with Gasteiger partial charge < -0.3 is 15.0 Å². The molecule has 0 atom stereocenters. The number of para-hydroxylation sites is 1. The third-order valence-corrected chi connectivity index (χ3v) is 5.95. The first-order valence-electron chi connectivity index (χ1n) is 9.99. The largest absolute Gasteiger partial charge is 0.493 e. The van der Waals surface area contributed by atoms with Crippen LogP contribution in [-0.4, -0.2) is 36.4 Å². The van der Waals surface area contributed by atoms with E-state index in [1.807, 2.05) is 31.2 Å². The molecule has 29 heavy (non-hydrogen) atoms. The summed E-state index contributed by atoms with van der Waals surface area (Å²) in [5.74, 6) is -0.260. The number of nitrogens with zero attached hydrogens (tertiary/aromatic N) is 1. The number of rotatable bonds is 5. The summed E-state index contributed by atoms with van der Waals surface area (Å²) in [5, 5.41) is 3.01. The number of amides is 2. The predicted molar refractivity (Wildman–Crippen MR) is 108 cm³/mol. The Labute approximate surface area is 169 Å². The summed E-state index contributed by atoms with van der Waals surface area (Å²) in [6.07, 6.45) is 1.58. The van der Waals surface area contributed by atoms with Crippen molar-refractivity contribution in [3.05, 3.63) is 59.4 Å². The van der Waals surface area contributed by atoms with Crippen molar-refractivity contribution in [3.8, 4) is 5.75 Å². The number of benzene rings is 2. The molecule has 2 amide bonds. The Hall–Kier alpha value is -2.89. The fourth-order valence-electron chi connectivity index (χ4n) is 4.40. The molecule has 4 rings (SSSR count). The lowest BCUT2D eigenvalue weighted by atomic mass is 9.57. The number of aryl methyl sites for hydroxylation is 1. The van der Waals surface area contributed by atoms with Gasteiger partial charge in [-0.15, -0.1) is 0 Å². The lowest BCUT2D eigenvalue weighted by molar-refractivity contribution is -0.135. The van der Waals surface area contributed by atoms with Gasteiger partial charge in [0.1, 0.15) is 11.6 Å². The third-order valence-electron chi connectivity index (χ3n) is 5.95. The third kappa shape index (κ3) is 3.71. The van der Waals surface area contributed by atoms with Crippen LogP contribution in [0.25, 0.3) is 0 Å². The molecule has 0 bridgehead atoms. The molecule has 2 fully saturated rings. The number of ether oxygens (including phenoxy) is 1. The van der Waals surface area contributed by atoms with Crippen LogP contribution in [0.5, 0.6) is 5.75 Å². The van der Waals surface area contributed by atoms with Crippen molar-refractivity contribution < 1.29 is 18.7 Å². The number of carbonyl (C=O) groups excluding carboxylic acids is 2. The van der Waals surface area contributed by atoms with Crippen LogP contribution in [0.3, 0.4) is 0 Å². The highest BCUT2D eigenvalue weighted by Gasteiger charge is 2.55. The van der Waals surface area contributed by atoms with Gasteiger partial charge in [-0.1, -0.05) is 18.2 Å². The van der Waals surface area contributed by atoms with E-state index in [1.54, 1.807) is 11.8 Å². The molecule has 0 aromatic heterocycles. The number of nitrogens with one attached hydrogen (secondary N) is 1. The summed E-state index contributed by atoms with van der Waals surface area (Å²) < 4.78 is 18.9. The van der Waals surface area contributed by atoms with Crippen molar-refractivity contribution in [1.82, 2.24) is 4.90 Å². The van der Waals surface area contributed by atoms with Crippen molar-refractivity contribution in [3.63, 3.8) is 0 Å². The lowest BCUT2D eigenvalue weighted by Crippen LogP contribution is -2.65. The summed E-state index contributed by atoms with van der Waals surface area (Å²) in [4.78, 5) is 27.1. The normalized spacial score (nSPS) is 17.4. The second kappa shape index (κ2) is 7.50. The van der Waals surface area contributed by atoms with E-state index in [9.17, 15) is 14.0 Å². The number of hydrogen-bond donors (Lipinski definition) is 1. The number of carbonyl (C=O) groups is 2. The first kappa shape index (κ1) is 19.4. The Bertz CT molecular complexity index is 945. The lowest BCUT2D eigenvalue weighted by Gasteiger charge is -2.58. The van der Waals surface area contributed by atoms with Crippen molar-refractivity contribution in [2.24, 2.45) is 11.3 Å². The molecule has 1 heterocycles. The summed E-state index contributed by atoms with van der Waals surface area (Å²) >= 11 is 0. The first-order chi connectivity index (χ1) is 13.9. The van der Waals surface area contributed by atoms with E-state index in [0.29, 0.717) is 25.3 Å². The smallest absolute Gasteiger partial charge is 0.257 e. The van der Waals surface area contributed by atoms with Gasteiger partial charge in [-0.25, -0.2) is 4.39 Å². The minimum absolute atomic E-state index is 0.0170. The zero-order chi connectivity index (χ0) is 20.6. The summed E-state index contributed by atoms with van der Waals surface area (Å²) in [6, 6.07) is 11.7.